The highest BCUT2D eigenvalue weighted by molar-refractivity contribution is 6.35. The predicted molar refractivity (Wildman–Crippen MR) is 87.2 cm³/mol. The molecule has 0 aromatic heterocycles. The SMILES string of the molecule is CC(c1cccc(N)c1)N(C)Cc1ccc(Cl)cc1Cl. The van der Waals surface area contributed by atoms with Crippen LogP contribution in [0.15, 0.2) is 42.5 Å². The summed E-state index contributed by atoms with van der Waals surface area (Å²) in [5.41, 5.74) is 8.88. The number of halogens is 2. The van der Waals surface area contributed by atoms with Gasteiger partial charge in [-0.25, -0.2) is 0 Å². The third-order valence-corrected chi connectivity index (χ3v) is 4.08. The molecule has 2 aromatic rings. The Hall–Kier alpha value is -1.22. The molecule has 1 unspecified atom stereocenters. The molecule has 0 saturated carbocycles. The van der Waals surface area contributed by atoms with Gasteiger partial charge in [0.2, 0.25) is 0 Å². The van der Waals surface area contributed by atoms with Crippen LogP contribution < -0.4 is 5.73 Å². The monoisotopic (exact) mass is 308 g/mol. The Balaban J connectivity index is 2.13. The maximum absolute atomic E-state index is 6.22. The van der Waals surface area contributed by atoms with Crippen molar-refractivity contribution in [2.24, 2.45) is 0 Å². The minimum Gasteiger partial charge on any atom is -0.399 e. The van der Waals surface area contributed by atoms with E-state index in [1.165, 1.54) is 5.56 Å². The molecular formula is C16H18Cl2N2. The quantitative estimate of drug-likeness (QED) is 0.824. The fourth-order valence-electron chi connectivity index (χ4n) is 2.13. The molecule has 0 aliphatic carbocycles. The van der Waals surface area contributed by atoms with Crippen LogP contribution in [-0.4, -0.2) is 11.9 Å². The van der Waals surface area contributed by atoms with Crippen LogP contribution in [0.25, 0.3) is 0 Å². The molecule has 0 aliphatic rings. The van der Waals surface area contributed by atoms with E-state index in [1.54, 1.807) is 6.07 Å². The van der Waals surface area contributed by atoms with Gasteiger partial charge in [0.15, 0.2) is 0 Å². The fourth-order valence-corrected chi connectivity index (χ4v) is 2.60. The summed E-state index contributed by atoms with van der Waals surface area (Å²) in [6.07, 6.45) is 0. The summed E-state index contributed by atoms with van der Waals surface area (Å²) in [5, 5.41) is 1.36. The summed E-state index contributed by atoms with van der Waals surface area (Å²) >= 11 is 12.1. The van der Waals surface area contributed by atoms with Gasteiger partial charge in [0.1, 0.15) is 0 Å². The first kappa shape index (κ1) is 15.2. The lowest BCUT2D eigenvalue weighted by atomic mass is 10.1. The lowest BCUT2D eigenvalue weighted by Crippen LogP contribution is -2.22. The highest BCUT2D eigenvalue weighted by Crippen LogP contribution is 2.26. The van der Waals surface area contributed by atoms with Crippen LogP contribution in [-0.2, 0) is 6.54 Å². The van der Waals surface area contributed by atoms with Gasteiger partial charge in [-0.15, -0.1) is 0 Å². The highest BCUT2D eigenvalue weighted by Gasteiger charge is 2.13. The second-order valence-corrected chi connectivity index (χ2v) is 5.84. The van der Waals surface area contributed by atoms with E-state index in [9.17, 15) is 0 Å². The standard InChI is InChI=1S/C16H18Cl2N2/c1-11(12-4-3-5-15(19)8-12)20(2)10-13-6-7-14(17)9-16(13)18/h3-9,11H,10,19H2,1-2H3. The largest absolute Gasteiger partial charge is 0.399 e. The number of nitrogen functional groups attached to an aromatic ring is 1. The van der Waals surface area contributed by atoms with Crippen LogP contribution in [0, 0.1) is 0 Å². The van der Waals surface area contributed by atoms with Gasteiger partial charge in [-0.3, -0.25) is 4.90 Å². The molecular weight excluding hydrogens is 291 g/mol. The van der Waals surface area contributed by atoms with Crippen LogP contribution in [0.5, 0.6) is 0 Å². The van der Waals surface area contributed by atoms with E-state index >= 15 is 0 Å². The van der Waals surface area contributed by atoms with Crippen LogP contribution in [0.1, 0.15) is 24.1 Å². The Morgan fingerprint density at radius 3 is 2.55 bits per heavy atom. The number of rotatable bonds is 4. The van der Waals surface area contributed by atoms with Crippen molar-refractivity contribution < 1.29 is 0 Å². The number of hydrogen-bond acceptors (Lipinski definition) is 2. The summed E-state index contributed by atoms with van der Waals surface area (Å²) < 4.78 is 0. The van der Waals surface area contributed by atoms with Crippen LogP contribution in [0.2, 0.25) is 10.0 Å². The zero-order chi connectivity index (χ0) is 14.7. The molecule has 0 saturated heterocycles. The van der Waals surface area contributed by atoms with Gasteiger partial charge in [-0.1, -0.05) is 41.4 Å². The highest BCUT2D eigenvalue weighted by atomic mass is 35.5. The van der Waals surface area contributed by atoms with Crippen molar-refractivity contribution in [1.82, 2.24) is 4.90 Å². The summed E-state index contributed by atoms with van der Waals surface area (Å²) in [6, 6.07) is 13.8. The van der Waals surface area contributed by atoms with Gasteiger partial charge >= 0.3 is 0 Å². The first-order valence-corrected chi connectivity index (χ1v) is 7.22. The Morgan fingerprint density at radius 2 is 1.90 bits per heavy atom. The molecule has 2 rings (SSSR count). The molecule has 4 heteroatoms. The van der Waals surface area contributed by atoms with Gasteiger partial charge < -0.3 is 5.73 Å². The van der Waals surface area contributed by atoms with E-state index in [-0.39, 0.29) is 6.04 Å². The van der Waals surface area contributed by atoms with E-state index in [0.717, 1.165) is 17.8 Å². The topological polar surface area (TPSA) is 29.3 Å². The minimum atomic E-state index is 0.255. The maximum Gasteiger partial charge on any atom is 0.0465 e. The first-order valence-electron chi connectivity index (χ1n) is 6.47. The zero-order valence-corrected chi connectivity index (χ0v) is 13.1. The minimum absolute atomic E-state index is 0.255. The lowest BCUT2D eigenvalue weighted by Gasteiger charge is -2.25. The van der Waals surface area contributed by atoms with E-state index in [0.29, 0.717) is 10.0 Å². The smallest absolute Gasteiger partial charge is 0.0465 e. The number of benzene rings is 2. The van der Waals surface area contributed by atoms with Crippen molar-refractivity contribution in [3.63, 3.8) is 0 Å². The normalized spacial score (nSPS) is 12.7. The van der Waals surface area contributed by atoms with E-state index < -0.39 is 0 Å². The molecule has 1 atom stereocenters. The molecule has 2 N–H and O–H groups in total. The van der Waals surface area contributed by atoms with Crippen molar-refractivity contribution >= 4 is 28.9 Å². The predicted octanol–water partition coefficient (Wildman–Crippen LogP) is 4.77. The Bertz CT molecular complexity index is 599. The molecule has 2 aromatic carbocycles. The molecule has 0 amide bonds. The van der Waals surface area contributed by atoms with Gasteiger partial charge in [0, 0.05) is 28.3 Å². The number of nitrogens with zero attached hydrogens (tertiary/aromatic N) is 1. The molecule has 20 heavy (non-hydrogen) atoms. The summed E-state index contributed by atoms with van der Waals surface area (Å²) in [4.78, 5) is 2.23. The molecule has 0 heterocycles. The van der Waals surface area contributed by atoms with Crippen molar-refractivity contribution in [3.8, 4) is 0 Å². The average molecular weight is 309 g/mol. The molecule has 0 bridgehead atoms. The average Bonchev–Trinajstić information content (AvgIpc) is 2.41. The third-order valence-electron chi connectivity index (χ3n) is 3.49. The van der Waals surface area contributed by atoms with Crippen LogP contribution in [0.3, 0.4) is 0 Å². The number of anilines is 1. The van der Waals surface area contributed by atoms with E-state index in [2.05, 4.69) is 24.9 Å². The third kappa shape index (κ3) is 3.66. The van der Waals surface area contributed by atoms with Crippen molar-refractivity contribution in [3.05, 3.63) is 63.6 Å². The molecule has 0 fully saturated rings. The lowest BCUT2D eigenvalue weighted by molar-refractivity contribution is 0.253. The van der Waals surface area contributed by atoms with Gasteiger partial charge in [-0.05, 0) is 49.4 Å². The fraction of sp³-hybridized carbons (Fsp3) is 0.250. The van der Waals surface area contributed by atoms with Crippen molar-refractivity contribution in [1.29, 1.82) is 0 Å². The van der Waals surface area contributed by atoms with E-state index in [4.69, 9.17) is 28.9 Å². The molecule has 0 radical (unpaired) electrons. The number of hydrogen-bond donors (Lipinski definition) is 1. The molecule has 0 aliphatic heterocycles. The number of nitrogens with two attached hydrogens (primary N) is 1. The van der Waals surface area contributed by atoms with Crippen molar-refractivity contribution in [2.75, 3.05) is 12.8 Å². The Labute approximate surface area is 130 Å². The van der Waals surface area contributed by atoms with Crippen LogP contribution in [0.4, 0.5) is 5.69 Å². The summed E-state index contributed by atoms with van der Waals surface area (Å²) in [7, 11) is 2.07. The second-order valence-electron chi connectivity index (χ2n) is 5.00. The van der Waals surface area contributed by atoms with Gasteiger partial charge in [0.25, 0.3) is 0 Å². The van der Waals surface area contributed by atoms with Gasteiger partial charge in [0.05, 0.1) is 0 Å². The van der Waals surface area contributed by atoms with Crippen LogP contribution >= 0.6 is 23.2 Å². The Kier molecular flexibility index (Phi) is 4.92. The summed E-state index contributed by atoms with van der Waals surface area (Å²) in [6.45, 7) is 2.91. The second kappa shape index (κ2) is 6.49. The molecule has 0 spiro atoms. The zero-order valence-electron chi connectivity index (χ0n) is 11.6. The Morgan fingerprint density at radius 1 is 1.15 bits per heavy atom. The van der Waals surface area contributed by atoms with Crippen molar-refractivity contribution in [2.45, 2.75) is 19.5 Å². The molecule has 2 nitrogen and oxygen atoms in total. The maximum atomic E-state index is 6.22. The first-order chi connectivity index (χ1) is 9.47. The van der Waals surface area contributed by atoms with E-state index in [1.807, 2.05) is 30.3 Å². The summed E-state index contributed by atoms with van der Waals surface area (Å²) in [5.74, 6) is 0. The molecule has 106 valence electrons. The van der Waals surface area contributed by atoms with Gasteiger partial charge in [-0.2, -0.15) is 0 Å².